The molecule has 0 fully saturated rings. The summed E-state index contributed by atoms with van der Waals surface area (Å²) in [5, 5.41) is 0. The van der Waals surface area contributed by atoms with Crippen molar-refractivity contribution < 1.29 is 0 Å². The van der Waals surface area contributed by atoms with Gasteiger partial charge in [0, 0.05) is 25.8 Å². The Hall–Kier alpha value is 1.09. The molecule has 0 nitrogen and oxygen atoms in total. The van der Waals surface area contributed by atoms with Crippen molar-refractivity contribution in [3.05, 3.63) is 12.7 Å². The van der Waals surface area contributed by atoms with E-state index in [0.29, 0.717) is 5.92 Å². The number of hydrogen-bond acceptors (Lipinski definition) is 0. The third-order valence-corrected chi connectivity index (χ3v) is 0.471. The molecule has 0 aliphatic rings. The zero-order chi connectivity index (χ0) is 4.28. The first-order chi connectivity index (χ1) is 2.27. The van der Waals surface area contributed by atoms with Crippen molar-refractivity contribution in [1.29, 1.82) is 0 Å². The molecule has 0 unspecified atom stereocenters. The Bertz CT molecular complexity index is 35.1. The fraction of sp³-hybridized carbons (Fsp3) is 0.600. The molecule has 0 saturated heterocycles. The molecule has 0 heterocycles. The van der Waals surface area contributed by atoms with Crippen molar-refractivity contribution in [1.82, 2.24) is 0 Å². The van der Waals surface area contributed by atoms with Gasteiger partial charge in [0.2, 0.25) is 0 Å². The van der Waals surface area contributed by atoms with Crippen molar-refractivity contribution >= 4 is 42.8 Å². The van der Waals surface area contributed by atoms with Gasteiger partial charge in [0.05, 0.1) is 0 Å². The van der Waals surface area contributed by atoms with Crippen LogP contribution in [-0.4, -0.2) is 25.8 Å². The predicted molar refractivity (Wildman–Crippen MR) is 41.1 cm³/mol. The SMILES string of the molecule is Br.C=CC(C)C.[In]. The molecule has 41 valence electrons. The summed E-state index contributed by atoms with van der Waals surface area (Å²) in [7, 11) is 0. The van der Waals surface area contributed by atoms with Crippen molar-refractivity contribution in [3.8, 4) is 0 Å². The number of halogens is 1. The van der Waals surface area contributed by atoms with Gasteiger partial charge in [-0.1, -0.05) is 19.9 Å². The minimum atomic E-state index is 0. The number of hydrogen-bond donors (Lipinski definition) is 0. The maximum atomic E-state index is 3.56. The first-order valence-corrected chi connectivity index (χ1v) is 1.90. The second-order valence-electron chi connectivity index (χ2n) is 1.48. The molecular weight excluding hydrogens is 255 g/mol. The number of rotatable bonds is 1. The van der Waals surface area contributed by atoms with Gasteiger partial charge >= 0.3 is 0 Å². The summed E-state index contributed by atoms with van der Waals surface area (Å²) >= 11 is 0. The van der Waals surface area contributed by atoms with E-state index in [1.807, 2.05) is 6.08 Å². The zero-order valence-electron chi connectivity index (χ0n) is 4.85. The van der Waals surface area contributed by atoms with Crippen LogP contribution in [0.5, 0.6) is 0 Å². The molecule has 0 saturated carbocycles. The molecule has 0 spiro atoms. The Kier molecular flexibility index (Phi) is 22.8. The van der Waals surface area contributed by atoms with E-state index < -0.39 is 0 Å². The van der Waals surface area contributed by atoms with Crippen LogP contribution in [0, 0.1) is 5.92 Å². The summed E-state index contributed by atoms with van der Waals surface area (Å²) in [6.07, 6.45) is 1.92. The molecule has 0 aromatic heterocycles. The smallest absolute Gasteiger partial charge is 0 e. The first kappa shape index (κ1) is 15.7. The fourth-order valence-corrected chi connectivity index (χ4v) is 0. The Balaban J connectivity index is -0.0000000800. The quantitative estimate of drug-likeness (QED) is 0.637. The third kappa shape index (κ3) is 19.2. The summed E-state index contributed by atoms with van der Waals surface area (Å²) < 4.78 is 0. The van der Waals surface area contributed by atoms with Gasteiger partial charge in [0.1, 0.15) is 0 Å². The molecule has 0 bridgehead atoms. The van der Waals surface area contributed by atoms with Gasteiger partial charge in [0.15, 0.2) is 0 Å². The van der Waals surface area contributed by atoms with Crippen molar-refractivity contribution in [2.45, 2.75) is 13.8 Å². The van der Waals surface area contributed by atoms with E-state index in [1.54, 1.807) is 0 Å². The molecule has 0 rings (SSSR count). The van der Waals surface area contributed by atoms with Gasteiger partial charge in [-0.3, -0.25) is 0 Å². The maximum Gasteiger partial charge on any atom is 0 e. The van der Waals surface area contributed by atoms with Crippen LogP contribution in [-0.2, 0) is 0 Å². The van der Waals surface area contributed by atoms with Gasteiger partial charge < -0.3 is 0 Å². The molecule has 3 radical (unpaired) electrons. The first-order valence-electron chi connectivity index (χ1n) is 1.90. The Morgan fingerprint density at radius 3 is 1.57 bits per heavy atom. The van der Waals surface area contributed by atoms with E-state index in [2.05, 4.69) is 20.4 Å². The van der Waals surface area contributed by atoms with Crippen LogP contribution in [0.4, 0.5) is 0 Å². The van der Waals surface area contributed by atoms with Gasteiger partial charge in [-0.15, -0.1) is 23.6 Å². The summed E-state index contributed by atoms with van der Waals surface area (Å²) in [6.45, 7) is 7.77. The Morgan fingerprint density at radius 1 is 1.43 bits per heavy atom. The average Bonchev–Trinajstić information content (AvgIpc) is 1.38. The van der Waals surface area contributed by atoms with E-state index in [-0.39, 0.29) is 42.8 Å². The van der Waals surface area contributed by atoms with E-state index in [1.165, 1.54) is 0 Å². The summed E-state index contributed by atoms with van der Waals surface area (Å²) in [4.78, 5) is 0. The van der Waals surface area contributed by atoms with Gasteiger partial charge in [-0.2, -0.15) is 0 Å². The van der Waals surface area contributed by atoms with Gasteiger partial charge in [-0.05, 0) is 5.92 Å². The predicted octanol–water partition coefficient (Wildman–Crippen LogP) is 2.03. The minimum absolute atomic E-state index is 0. The molecule has 2 heteroatoms. The standard InChI is InChI=1S/C5H10.BrH.In/c1-4-5(2)3;;/h4-5H,1H2,2-3H3;1H;. The average molecular weight is 266 g/mol. The van der Waals surface area contributed by atoms with Crippen LogP contribution in [0.2, 0.25) is 0 Å². The zero-order valence-corrected chi connectivity index (χ0v) is 9.86. The van der Waals surface area contributed by atoms with Gasteiger partial charge in [-0.25, -0.2) is 0 Å². The third-order valence-electron chi connectivity index (χ3n) is 0.471. The molecule has 0 N–H and O–H groups in total. The van der Waals surface area contributed by atoms with Crippen molar-refractivity contribution in [3.63, 3.8) is 0 Å². The van der Waals surface area contributed by atoms with Crippen LogP contribution in [0.1, 0.15) is 13.8 Å². The van der Waals surface area contributed by atoms with Crippen LogP contribution in [0.15, 0.2) is 12.7 Å². The summed E-state index contributed by atoms with van der Waals surface area (Å²) in [5.74, 6) is 0.648. The Morgan fingerprint density at radius 2 is 1.57 bits per heavy atom. The van der Waals surface area contributed by atoms with Crippen LogP contribution < -0.4 is 0 Å². The maximum absolute atomic E-state index is 3.56. The van der Waals surface area contributed by atoms with E-state index in [9.17, 15) is 0 Å². The molecule has 0 amide bonds. The van der Waals surface area contributed by atoms with Crippen LogP contribution >= 0.6 is 17.0 Å². The normalized spacial score (nSPS) is 6.14. The number of allylic oxidation sites excluding steroid dienone is 1. The summed E-state index contributed by atoms with van der Waals surface area (Å²) in [6, 6.07) is 0. The molecule has 0 aliphatic heterocycles. The molecular formula is C5H11BrIn. The second-order valence-corrected chi connectivity index (χ2v) is 1.48. The van der Waals surface area contributed by atoms with E-state index >= 15 is 0 Å². The van der Waals surface area contributed by atoms with E-state index in [4.69, 9.17) is 0 Å². The topological polar surface area (TPSA) is 0 Å². The van der Waals surface area contributed by atoms with Crippen LogP contribution in [0.3, 0.4) is 0 Å². The molecule has 0 atom stereocenters. The molecule has 0 aliphatic carbocycles. The molecule has 0 aromatic rings. The molecule has 7 heavy (non-hydrogen) atoms. The Labute approximate surface area is 74.9 Å². The van der Waals surface area contributed by atoms with Crippen molar-refractivity contribution in [2.75, 3.05) is 0 Å². The van der Waals surface area contributed by atoms with E-state index in [0.717, 1.165) is 0 Å². The van der Waals surface area contributed by atoms with Gasteiger partial charge in [0.25, 0.3) is 0 Å². The monoisotopic (exact) mass is 265 g/mol. The minimum Gasteiger partial charge on any atom is -0.114 e. The van der Waals surface area contributed by atoms with Crippen LogP contribution in [0.25, 0.3) is 0 Å². The fourth-order valence-electron chi connectivity index (χ4n) is 0. The summed E-state index contributed by atoms with van der Waals surface area (Å²) in [5.41, 5.74) is 0. The largest absolute Gasteiger partial charge is 0.114 e. The van der Waals surface area contributed by atoms with Crippen molar-refractivity contribution in [2.24, 2.45) is 5.92 Å². The molecule has 0 aromatic carbocycles. The second kappa shape index (κ2) is 10.1.